The number of hydrogen-bond acceptors (Lipinski definition) is 6. The highest BCUT2D eigenvalue weighted by Gasteiger charge is 2.38. The zero-order valence-corrected chi connectivity index (χ0v) is 11.1. The first-order chi connectivity index (χ1) is 9.59. The molecule has 2 atom stereocenters. The summed E-state index contributed by atoms with van der Waals surface area (Å²) in [5.41, 5.74) is -0.247. The molecule has 0 saturated carbocycles. The average Bonchev–Trinajstić information content (AvgIpc) is 2.75. The van der Waals surface area contributed by atoms with Crippen molar-refractivity contribution in [3.05, 3.63) is 22.5 Å². The molecule has 0 aliphatic carbocycles. The molecule has 0 aliphatic rings. The summed E-state index contributed by atoms with van der Waals surface area (Å²) in [4.78, 5) is 10.9. The summed E-state index contributed by atoms with van der Waals surface area (Å²) in [6, 6.07) is 0. The summed E-state index contributed by atoms with van der Waals surface area (Å²) >= 11 is 0. The van der Waals surface area contributed by atoms with Gasteiger partial charge in [-0.3, -0.25) is 14.8 Å². The van der Waals surface area contributed by atoms with Crippen LogP contribution in [0.2, 0.25) is 0 Å². The third kappa shape index (κ3) is 5.65. The van der Waals surface area contributed by atoms with Crippen molar-refractivity contribution in [3.8, 4) is 0 Å². The van der Waals surface area contributed by atoms with Gasteiger partial charge in [-0.15, -0.1) is 0 Å². The van der Waals surface area contributed by atoms with Crippen LogP contribution in [0.3, 0.4) is 0 Å². The smallest absolute Gasteiger partial charge is 0.390 e. The molecule has 2 N–H and O–H groups in total. The van der Waals surface area contributed by atoms with Gasteiger partial charge in [0, 0.05) is 13.1 Å². The first-order valence-electron chi connectivity index (χ1n) is 5.88. The van der Waals surface area contributed by atoms with E-state index in [4.69, 9.17) is 5.11 Å². The minimum atomic E-state index is -4.72. The Balaban J connectivity index is 2.45. The summed E-state index contributed by atoms with van der Waals surface area (Å²) in [5.74, 6) is 0. The van der Waals surface area contributed by atoms with E-state index in [9.17, 15) is 28.4 Å². The second-order valence-electron chi connectivity index (χ2n) is 4.61. The molecule has 11 heteroatoms. The number of nitrogens with zero attached hydrogens (tertiary/aromatic N) is 4. The van der Waals surface area contributed by atoms with E-state index in [2.05, 4.69) is 5.10 Å². The minimum absolute atomic E-state index is 0.111. The fourth-order valence-electron chi connectivity index (χ4n) is 1.65. The van der Waals surface area contributed by atoms with E-state index >= 15 is 0 Å². The third-order valence-corrected chi connectivity index (χ3v) is 2.61. The van der Waals surface area contributed by atoms with Gasteiger partial charge in [-0.2, -0.15) is 18.3 Å². The van der Waals surface area contributed by atoms with Gasteiger partial charge in [-0.05, 0) is 7.05 Å². The lowest BCUT2D eigenvalue weighted by molar-refractivity contribution is -0.385. The second kappa shape index (κ2) is 6.83. The summed E-state index contributed by atoms with van der Waals surface area (Å²) in [6.45, 7) is -0.944. The summed E-state index contributed by atoms with van der Waals surface area (Å²) < 4.78 is 37.6. The van der Waals surface area contributed by atoms with Crippen molar-refractivity contribution in [2.75, 3.05) is 20.1 Å². The first kappa shape index (κ1) is 17.3. The number of likely N-dealkylation sites (N-methyl/N-ethyl adjacent to an activating group) is 1. The lowest BCUT2D eigenvalue weighted by Gasteiger charge is -2.24. The molecule has 0 bridgehead atoms. The molecule has 0 saturated heterocycles. The van der Waals surface area contributed by atoms with Crippen LogP contribution >= 0.6 is 0 Å². The van der Waals surface area contributed by atoms with Crippen molar-refractivity contribution in [2.45, 2.75) is 24.9 Å². The van der Waals surface area contributed by atoms with Crippen molar-refractivity contribution in [3.63, 3.8) is 0 Å². The normalized spacial score (nSPS) is 15.2. The van der Waals surface area contributed by atoms with E-state index in [1.54, 1.807) is 0 Å². The summed E-state index contributed by atoms with van der Waals surface area (Å²) in [7, 11) is 1.31. The quantitative estimate of drug-likeness (QED) is 0.543. The highest BCUT2D eigenvalue weighted by atomic mass is 19.4. The fraction of sp³-hybridized carbons (Fsp3) is 0.700. The van der Waals surface area contributed by atoms with Crippen LogP contribution in [0.4, 0.5) is 18.9 Å². The van der Waals surface area contributed by atoms with Crippen LogP contribution in [0, 0.1) is 10.1 Å². The summed E-state index contributed by atoms with van der Waals surface area (Å²) in [6.07, 6.45) is -6.20. The molecule has 1 aromatic heterocycles. The monoisotopic (exact) mass is 312 g/mol. The van der Waals surface area contributed by atoms with Crippen molar-refractivity contribution in [1.29, 1.82) is 0 Å². The van der Waals surface area contributed by atoms with E-state index < -0.39 is 29.9 Å². The van der Waals surface area contributed by atoms with E-state index in [1.165, 1.54) is 7.05 Å². The van der Waals surface area contributed by atoms with Crippen LogP contribution in [-0.4, -0.2) is 68.3 Å². The van der Waals surface area contributed by atoms with Gasteiger partial charge in [-0.25, -0.2) is 0 Å². The first-order valence-corrected chi connectivity index (χ1v) is 5.88. The number of aliphatic hydroxyl groups is 2. The Bertz CT molecular complexity index is 479. The van der Waals surface area contributed by atoms with Crippen LogP contribution in [0.25, 0.3) is 0 Å². The van der Waals surface area contributed by atoms with Crippen LogP contribution in [0.5, 0.6) is 0 Å². The van der Waals surface area contributed by atoms with E-state index in [0.717, 1.165) is 22.0 Å². The predicted molar refractivity (Wildman–Crippen MR) is 64.4 cm³/mol. The molecule has 0 aliphatic heterocycles. The Kier molecular flexibility index (Phi) is 5.63. The van der Waals surface area contributed by atoms with Crippen molar-refractivity contribution in [2.24, 2.45) is 0 Å². The maximum atomic E-state index is 12.2. The van der Waals surface area contributed by atoms with Gasteiger partial charge in [0.2, 0.25) is 0 Å². The SMILES string of the molecule is CN(CC(O)Cn1cc([N+](=O)[O-])cn1)CC(O)C(F)(F)F. The Hall–Kier alpha value is -1.72. The summed E-state index contributed by atoms with van der Waals surface area (Å²) in [5, 5.41) is 32.7. The van der Waals surface area contributed by atoms with Gasteiger partial charge < -0.3 is 15.1 Å². The molecule has 21 heavy (non-hydrogen) atoms. The third-order valence-electron chi connectivity index (χ3n) is 2.61. The van der Waals surface area contributed by atoms with Crippen LogP contribution in [-0.2, 0) is 6.54 Å². The minimum Gasteiger partial charge on any atom is -0.390 e. The lowest BCUT2D eigenvalue weighted by atomic mass is 10.3. The molecule has 0 fully saturated rings. The van der Waals surface area contributed by atoms with Crippen molar-refractivity contribution >= 4 is 5.69 Å². The maximum absolute atomic E-state index is 12.2. The molecular formula is C10H15F3N4O4. The Morgan fingerprint density at radius 2 is 2.10 bits per heavy atom. The largest absolute Gasteiger partial charge is 0.415 e. The van der Waals surface area contributed by atoms with Crippen molar-refractivity contribution < 1.29 is 28.3 Å². The van der Waals surface area contributed by atoms with Gasteiger partial charge in [0.05, 0.1) is 17.6 Å². The van der Waals surface area contributed by atoms with Crippen molar-refractivity contribution in [1.82, 2.24) is 14.7 Å². The van der Waals surface area contributed by atoms with Gasteiger partial charge in [0.25, 0.3) is 0 Å². The second-order valence-corrected chi connectivity index (χ2v) is 4.61. The maximum Gasteiger partial charge on any atom is 0.415 e. The highest BCUT2D eigenvalue weighted by molar-refractivity contribution is 5.20. The predicted octanol–water partition coefficient (Wildman–Crippen LogP) is 0.00720. The molecule has 120 valence electrons. The average molecular weight is 312 g/mol. The molecule has 8 nitrogen and oxygen atoms in total. The molecule has 0 amide bonds. The van der Waals surface area contributed by atoms with Gasteiger partial charge in [0.15, 0.2) is 6.10 Å². The van der Waals surface area contributed by atoms with Crippen LogP contribution in [0.1, 0.15) is 0 Å². The molecule has 2 unspecified atom stereocenters. The number of rotatable bonds is 7. The number of halogens is 3. The molecule has 0 radical (unpaired) electrons. The van der Waals surface area contributed by atoms with Gasteiger partial charge in [0.1, 0.15) is 12.4 Å². The number of alkyl halides is 3. The number of hydrogen-bond donors (Lipinski definition) is 2. The number of aromatic nitrogens is 2. The zero-order valence-electron chi connectivity index (χ0n) is 11.1. The van der Waals surface area contributed by atoms with E-state index in [-0.39, 0.29) is 18.8 Å². The molecule has 0 spiro atoms. The Morgan fingerprint density at radius 1 is 1.48 bits per heavy atom. The van der Waals surface area contributed by atoms with E-state index in [1.807, 2.05) is 0 Å². The zero-order chi connectivity index (χ0) is 16.2. The molecule has 0 aromatic carbocycles. The fourth-order valence-corrected chi connectivity index (χ4v) is 1.65. The highest BCUT2D eigenvalue weighted by Crippen LogP contribution is 2.20. The molecule has 1 aromatic rings. The lowest BCUT2D eigenvalue weighted by Crippen LogP contribution is -2.42. The Labute approximate surface area is 117 Å². The van der Waals surface area contributed by atoms with Gasteiger partial charge in [-0.1, -0.05) is 0 Å². The van der Waals surface area contributed by atoms with Crippen LogP contribution in [0.15, 0.2) is 12.4 Å². The Morgan fingerprint density at radius 3 is 2.57 bits per heavy atom. The molecular weight excluding hydrogens is 297 g/mol. The number of nitro groups is 1. The van der Waals surface area contributed by atoms with Gasteiger partial charge >= 0.3 is 11.9 Å². The van der Waals surface area contributed by atoms with Crippen LogP contribution < -0.4 is 0 Å². The standard InChI is InChI=1S/C10H15F3N4O4/c1-15(6-9(19)10(11,12)13)4-8(18)5-16-3-7(2-14-16)17(20)21/h2-3,8-9,18-19H,4-6H2,1H3. The van der Waals surface area contributed by atoms with E-state index in [0.29, 0.717) is 0 Å². The number of aliphatic hydroxyl groups excluding tert-OH is 2. The molecule has 1 rings (SSSR count). The molecule has 1 heterocycles. The topological polar surface area (TPSA) is 105 Å².